The average molecular weight is 509 g/mol. The van der Waals surface area contributed by atoms with E-state index in [-0.39, 0.29) is 17.4 Å². The zero-order valence-electron chi connectivity index (χ0n) is 17.4. The molecule has 1 heterocycles. The predicted molar refractivity (Wildman–Crippen MR) is 130 cm³/mol. The second-order valence-electron chi connectivity index (χ2n) is 7.22. The Morgan fingerprint density at radius 3 is 2.50 bits per heavy atom. The molecule has 4 rings (SSSR count). The first-order valence-corrected chi connectivity index (χ1v) is 11.9. The molecular formula is C24H21BrN4O2S. The summed E-state index contributed by atoms with van der Waals surface area (Å²) in [5.74, 6) is 0.918. The number of aromatic nitrogens is 3. The summed E-state index contributed by atoms with van der Waals surface area (Å²) in [5.41, 5.74) is 1.58. The Bertz CT molecular complexity index is 1270. The standard InChI is InChI=1S/C24H21BrN4O2S/c1-16(30)26-13-12-23-27-28-24(29(23)21-10-8-20(25)9-11-21)32-15-22(31)19-7-6-17-4-2-3-5-18(17)14-19/h2-11,14H,12-13,15H2,1H3,(H,26,30). The van der Waals surface area contributed by atoms with Gasteiger partial charge in [-0.3, -0.25) is 14.2 Å². The smallest absolute Gasteiger partial charge is 0.216 e. The number of fused-ring (bicyclic) bond motifs is 1. The van der Waals surface area contributed by atoms with Gasteiger partial charge in [-0.05, 0) is 41.1 Å². The fourth-order valence-electron chi connectivity index (χ4n) is 3.33. The summed E-state index contributed by atoms with van der Waals surface area (Å²) in [4.78, 5) is 24.1. The first-order chi connectivity index (χ1) is 15.5. The summed E-state index contributed by atoms with van der Waals surface area (Å²) in [5, 5.41) is 14.2. The van der Waals surface area contributed by atoms with Crippen molar-refractivity contribution in [2.75, 3.05) is 12.3 Å². The third-order valence-electron chi connectivity index (χ3n) is 4.91. The van der Waals surface area contributed by atoms with E-state index in [1.807, 2.05) is 71.3 Å². The maximum absolute atomic E-state index is 12.9. The molecule has 0 spiro atoms. The van der Waals surface area contributed by atoms with E-state index in [0.717, 1.165) is 26.8 Å². The number of hydrogen-bond donors (Lipinski definition) is 1. The molecule has 3 aromatic carbocycles. The highest BCUT2D eigenvalue weighted by atomic mass is 79.9. The molecule has 0 aliphatic carbocycles. The van der Waals surface area contributed by atoms with E-state index < -0.39 is 0 Å². The Morgan fingerprint density at radius 2 is 1.75 bits per heavy atom. The van der Waals surface area contributed by atoms with Crippen LogP contribution in [-0.4, -0.2) is 38.8 Å². The number of carbonyl (C=O) groups excluding carboxylic acids is 2. The second kappa shape index (κ2) is 10.1. The number of halogens is 1. The third kappa shape index (κ3) is 5.26. The molecule has 8 heteroatoms. The molecule has 162 valence electrons. The lowest BCUT2D eigenvalue weighted by Gasteiger charge is -2.11. The van der Waals surface area contributed by atoms with Gasteiger partial charge in [0.15, 0.2) is 10.9 Å². The lowest BCUT2D eigenvalue weighted by atomic mass is 10.1. The molecule has 1 amide bonds. The molecule has 1 N–H and O–H groups in total. The molecule has 0 aliphatic heterocycles. The van der Waals surface area contributed by atoms with Crippen LogP contribution < -0.4 is 5.32 Å². The van der Waals surface area contributed by atoms with Gasteiger partial charge < -0.3 is 5.32 Å². The lowest BCUT2D eigenvalue weighted by molar-refractivity contribution is -0.118. The number of nitrogens with zero attached hydrogens (tertiary/aromatic N) is 3. The van der Waals surface area contributed by atoms with Crippen molar-refractivity contribution in [1.82, 2.24) is 20.1 Å². The number of benzene rings is 3. The van der Waals surface area contributed by atoms with Gasteiger partial charge in [0, 0.05) is 35.6 Å². The molecule has 0 fully saturated rings. The fourth-order valence-corrected chi connectivity index (χ4v) is 4.46. The summed E-state index contributed by atoms with van der Waals surface area (Å²) in [6.07, 6.45) is 0.530. The van der Waals surface area contributed by atoms with Gasteiger partial charge in [0.05, 0.1) is 5.75 Å². The minimum absolute atomic E-state index is 0.0332. The summed E-state index contributed by atoms with van der Waals surface area (Å²) in [7, 11) is 0. The van der Waals surface area contributed by atoms with E-state index in [1.165, 1.54) is 18.7 Å². The number of Topliss-reactive ketones (excluding diaryl/α,β-unsaturated/α-hetero) is 1. The minimum Gasteiger partial charge on any atom is -0.356 e. The minimum atomic E-state index is -0.0877. The predicted octanol–water partition coefficient (Wildman–Crippen LogP) is 4.84. The Balaban J connectivity index is 1.55. The molecule has 32 heavy (non-hydrogen) atoms. The molecule has 0 aliphatic rings. The number of ketones is 1. The van der Waals surface area contributed by atoms with Crippen molar-refractivity contribution in [3.63, 3.8) is 0 Å². The molecule has 6 nitrogen and oxygen atoms in total. The normalized spacial score (nSPS) is 10.9. The van der Waals surface area contributed by atoms with E-state index in [2.05, 4.69) is 31.4 Å². The Kier molecular flexibility index (Phi) is 7.02. The Morgan fingerprint density at radius 1 is 1.00 bits per heavy atom. The molecule has 0 radical (unpaired) electrons. The summed E-state index contributed by atoms with van der Waals surface area (Å²) < 4.78 is 2.90. The molecule has 0 bridgehead atoms. The summed E-state index contributed by atoms with van der Waals surface area (Å²) in [6.45, 7) is 1.95. The molecule has 0 atom stereocenters. The highest BCUT2D eigenvalue weighted by Crippen LogP contribution is 2.25. The van der Waals surface area contributed by atoms with Crippen molar-refractivity contribution in [3.8, 4) is 5.69 Å². The van der Waals surface area contributed by atoms with Crippen LogP contribution in [0.1, 0.15) is 23.1 Å². The fraction of sp³-hybridized carbons (Fsp3) is 0.167. The Labute approximate surface area is 198 Å². The van der Waals surface area contributed by atoms with Gasteiger partial charge >= 0.3 is 0 Å². The van der Waals surface area contributed by atoms with Crippen LogP contribution in [0.25, 0.3) is 16.5 Å². The highest BCUT2D eigenvalue weighted by Gasteiger charge is 2.17. The monoisotopic (exact) mass is 508 g/mol. The quantitative estimate of drug-likeness (QED) is 0.272. The van der Waals surface area contributed by atoms with Crippen LogP contribution in [-0.2, 0) is 11.2 Å². The zero-order chi connectivity index (χ0) is 22.5. The van der Waals surface area contributed by atoms with E-state index in [9.17, 15) is 9.59 Å². The number of amides is 1. The highest BCUT2D eigenvalue weighted by molar-refractivity contribution is 9.10. The summed E-state index contributed by atoms with van der Waals surface area (Å²) in [6, 6.07) is 21.6. The van der Waals surface area contributed by atoms with E-state index >= 15 is 0 Å². The molecule has 0 saturated heterocycles. The van der Waals surface area contributed by atoms with Gasteiger partial charge in [-0.25, -0.2) is 0 Å². The van der Waals surface area contributed by atoms with Crippen molar-refractivity contribution < 1.29 is 9.59 Å². The van der Waals surface area contributed by atoms with Gasteiger partial charge in [-0.15, -0.1) is 10.2 Å². The van der Waals surface area contributed by atoms with Crippen LogP contribution in [0.3, 0.4) is 0 Å². The first-order valence-electron chi connectivity index (χ1n) is 10.1. The number of carbonyl (C=O) groups is 2. The average Bonchev–Trinajstić information content (AvgIpc) is 3.20. The van der Waals surface area contributed by atoms with Crippen LogP contribution in [0.5, 0.6) is 0 Å². The van der Waals surface area contributed by atoms with Crippen molar-refractivity contribution >= 4 is 50.2 Å². The number of nitrogens with one attached hydrogen (secondary N) is 1. The van der Waals surface area contributed by atoms with Gasteiger partial charge in [-0.1, -0.05) is 64.1 Å². The zero-order valence-corrected chi connectivity index (χ0v) is 19.8. The van der Waals surface area contributed by atoms with Gasteiger partial charge in [-0.2, -0.15) is 0 Å². The van der Waals surface area contributed by atoms with Crippen molar-refractivity contribution in [1.29, 1.82) is 0 Å². The molecule has 0 unspecified atom stereocenters. The van der Waals surface area contributed by atoms with Crippen LogP contribution >= 0.6 is 27.7 Å². The number of hydrogen-bond acceptors (Lipinski definition) is 5. The van der Waals surface area contributed by atoms with Gasteiger partial charge in [0.25, 0.3) is 0 Å². The maximum Gasteiger partial charge on any atom is 0.216 e. The molecule has 4 aromatic rings. The van der Waals surface area contributed by atoms with E-state index in [4.69, 9.17) is 0 Å². The van der Waals surface area contributed by atoms with Crippen LogP contribution in [0, 0.1) is 0 Å². The van der Waals surface area contributed by atoms with E-state index in [1.54, 1.807) is 0 Å². The van der Waals surface area contributed by atoms with Gasteiger partial charge in [0.1, 0.15) is 5.82 Å². The molecule has 0 saturated carbocycles. The first kappa shape index (κ1) is 22.2. The van der Waals surface area contributed by atoms with Crippen molar-refractivity contribution in [3.05, 3.63) is 82.6 Å². The van der Waals surface area contributed by atoms with Crippen LogP contribution in [0.2, 0.25) is 0 Å². The number of thioether (sulfide) groups is 1. The Hall–Kier alpha value is -2.97. The molecular weight excluding hydrogens is 488 g/mol. The van der Waals surface area contributed by atoms with Crippen molar-refractivity contribution in [2.45, 2.75) is 18.5 Å². The topological polar surface area (TPSA) is 76.9 Å². The van der Waals surface area contributed by atoms with Crippen molar-refractivity contribution in [2.24, 2.45) is 0 Å². The maximum atomic E-state index is 12.9. The second-order valence-corrected chi connectivity index (χ2v) is 9.08. The lowest BCUT2D eigenvalue weighted by Crippen LogP contribution is -2.23. The largest absolute Gasteiger partial charge is 0.356 e. The van der Waals surface area contributed by atoms with Gasteiger partial charge in [0.2, 0.25) is 5.91 Å². The SMILES string of the molecule is CC(=O)NCCc1nnc(SCC(=O)c2ccc3ccccc3c2)n1-c1ccc(Br)cc1. The van der Waals surface area contributed by atoms with Crippen LogP contribution in [0.15, 0.2) is 76.4 Å². The van der Waals surface area contributed by atoms with Crippen LogP contribution in [0.4, 0.5) is 0 Å². The number of rotatable bonds is 8. The molecule has 1 aromatic heterocycles. The van der Waals surface area contributed by atoms with E-state index in [0.29, 0.717) is 23.7 Å². The third-order valence-corrected chi connectivity index (χ3v) is 6.37. The summed E-state index contributed by atoms with van der Waals surface area (Å²) >= 11 is 4.81.